The van der Waals surface area contributed by atoms with Gasteiger partial charge in [0, 0.05) is 20.3 Å². The molecule has 0 aliphatic heterocycles. The first-order valence-electron chi connectivity index (χ1n) is 5.92. The average molecular weight is 304 g/mol. The number of rotatable bonds is 7. The molecule has 5 nitrogen and oxygen atoms in total. The second-order valence-corrected chi connectivity index (χ2v) is 4.31. The number of carbonyl (C=O) groups is 2. The minimum Gasteiger partial charge on any atom is -0.452 e. The summed E-state index contributed by atoms with van der Waals surface area (Å²) in [6.45, 7) is 0.571. The lowest BCUT2D eigenvalue weighted by molar-refractivity contribution is -0.124. The zero-order valence-electron chi connectivity index (χ0n) is 10.9. The third kappa shape index (κ3) is 5.54. The average Bonchev–Trinajstić information content (AvgIpc) is 2.44. The first kappa shape index (κ1) is 16.4. The van der Waals surface area contributed by atoms with E-state index in [1.54, 1.807) is 7.11 Å². The number of hydrogen-bond acceptors (Lipinski definition) is 4. The van der Waals surface area contributed by atoms with Gasteiger partial charge in [-0.15, -0.1) is 0 Å². The Hall–Kier alpha value is -1.66. The Morgan fingerprint density at radius 2 is 2.15 bits per heavy atom. The number of amides is 1. The fourth-order valence-corrected chi connectivity index (χ4v) is 1.51. The maximum Gasteiger partial charge on any atom is 0.338 e. The van der Waals surface area contributed by atoms with Crippen LogP contribution >= 0.6 is 11.6 Å². The Kier molecular flexibility index (Phi) is 6.97. The third-order valence-corrected chi connectivity index (χ3v) is 2.63. The molecule has 1 aromatic rings. The van der Waals surface area contributed by atoms with E-state index < -0.39 is 24.3 Å². The van der Waals surface area contributed by atoms with Gasteiger partial charge >= 0.3 is 5.97 Å². The van der Waals surface area contributed by atoms with E-state index in [0.29, 0.717) is 19.6 Å². The maximum absolute atomic E-state index is 12.9. The molecule has 0 aliphatic rings. The van der Waals surface area contributed by atoms with E-state index >= 15 is 0 Å². The molecule has 1 amide bonds. The van der Waals surface area contributed by atoms with E-state index in [1.165, 1.54) is 6.07 Å². The van der Waals surface area contributed by atoms with Crippen LogP contribution < -0.4 is 5.32 Å². The Labute approximate surface area is 121 Å². The molecule has 20 heavy (non-hydrogen) atoms. The highest BCUT2D eigenvalue weighted by Crippen LogP contribution is 2.16. The van der Waals surface area contributed by atoms with Gasteiger partial charge in [0.15, 0.2) is 6.61 Å². The van der Waals surface area contributed by atoms with Crippen molar-refractivity contribution in [3.05, 3.63) is 34.6 Å². The fourth-order valence-electron chi connectivity index (χ4n) is 1.33. The molecule has 0 fully saturated rings. The molecule has 110 valence electrons. The number of methoxy groups -OCH3 is 1. The molecule has 0 atom stereocenters. The first-order valence-corrected chi connectivity index (χ1v) is 6.30. The van der Waals surface area contributed by atoms with Gasteiger partial charge in [0.05, 0.1) is 10.6 Å². The van der Waals surface area contributed by atoms with Crippen LogP contribution in [0.1, 0.15) is 16.8 Å². The van der Waals surface area contributed by atoms with E-state index in [0.717, 1.165) is 12.1 Å². The molecule has 0 saturated carbocycles. The highest BCUT2D eigenvalue weighted by Gasteiger charge is 2.11. The van der Waals surface area contributed by atoms with Gasteiger partial charge in [0.25, 0.3) is 5.91 Å². The van der Waals surface area contributed by atoms with Crippen molar-refractivity contribution in [1.29, 1.82) is 0 Å². The summed E-state index contributed by atoms with van der Waals surface area (Å²) in [6, 6.07) is 3.44. The second kappa shape index (κ2) is 8.50. The van der Waals surface area contributed by atoms with E-state index in [2.05, 4.69) is 5.32 Å². The van der Waals surface area contributed by atoms with Crippen LogP contribution in [0.4, 0.5) is 4.39 Å². The monoisotopic (exact) mass is 303 g/mol. The molecule has 0 spiro atoms. The molecule has 0 saturated heterocycles. The smallest absolute Gasteiger partial charge is 0.338 e. The topological polar surface area (TPSA) is 64.6 Å². The van der Waals surface area contributed by atoms with Crippen molar-refractivity contribution in [2.24, 2.45) is 0 Å². The summed E-state index contributed by atoms with van der Waals surface area (Å²) < 4.78 is 22.5. The van der Waals surface area contributed by atoms with E-state index in [1.807, 2.05) is 0 Å². The molecule has 0 aliphatic carbocycles. The van der Waals surface area contributed by atoms with Crippen molar-refractivity contribution in [1.82, 2.24) is 5.32 Å². The maximum atomic E-state index is 12.9. The van der Waals surface area contributed by atoms with Crippen molar-refractivity contribution >= 4 is 23.5 Å². The van der Waals surface area contributed by atoms with Crippen molar-refractivity contribution in [2.75, 3.05) is 26.9 Å². The molecule has 0 radical (unpaired) electrons. The second-order valence-electron chi connectivity index (χ2n) is 3.90. The molecule has 0 bridgehead atoms. The van der Waals surface area contributed by atoms with Crippen molar-refractivity contribution in [3.63, 3.8) is 0 Å². The van der Waals surface area contributed by atoms with Crippen LogP contribution in [0, 0.1) is 5.82 Å². The van der Waals surface area contributed by atoms with Gasteiger partial charge in [0.2, 0.25) is 0 Å². The van der Waals surface area contributed by atoms with Crippen LogP contribution in [0.3, 0.4) is 0 Å². The van der Waals surface area contributed by atoms with Crippen LogP contribution in [0.5, 0.6) is 0 Å². The summed E-state index contributed by atoms with van der Waals surface area (Å²) in [5.41, 5.74) is 0.0867. The van der Waals surface area contributed by atoms with E-state index in [9.17, 15) is 14.0 Å². The van der Waals surface area contributed by atoms with Gasteiger partial charge in [-0.2, -0.15) is 0 Å². The fraction of sp³-hybridized carbons (Fsp3) is 0.385. The van der Waals surface area contributed by atoms with Crippen LogP contribution in [0.15, 0.2) is 18.2 Å². The van der Waals surface area contributed by atoms with Gasteiger partial charge < -0.3 is 14.8 Å². The Bertz CT molecular complexity index is 481. The van der Waals surface area contributed by atoms with Gasteiger partial charge in [-0.25, -0.2) is 9.18 Å². The molecule has 1 rings (SSSR count). The van der Waals surface area contributed by atoms with Crippen LogP contribution in [-0.2, 0) is 14.3 Å². The van der Waals surface area contributed by atoms with Gasteiger partial charge in [-0.3, -0.25) is 4.79 Å². The van der Waals surface area contributed by atoms with Gasteiger partial charge in [-0.1, -0.05) is 11.6 Å². The van der Waals surface area contributed by atoms with Crippen LogP contribution in [0.25, 0.3) is 0 Å². The summed E-state index contributed by atoms with van der Waals surface area (Å²) in [5.74, 6) is -1.78. The number of nitrogens with one attached hydrogen (secondary N) is 1. The van der Waals surface area contributed by atoms with Crippen LogP contribution in [0.2, 0.25) is 5.02 Å². The Balaban J connectivity index is 2.35. The molecule has 1 aromatic carbocycles. The third-order valence-electron chi connectivity index (χ3n) is 2.34. The SMILES string of the molecule is COCCCNC(=O)COC(=O)c1ccc(F)c(Cl)c1. The number of hydrogen-bond donors (Lipinski definition) is 1. The number of esters is 1. The summed E-state index contributed by atoms with van der Waals surface area (Å²) in [5, 5.41) is 2.39. The number of halogens is 2. The molecule has 0 unspecified atom stereocenters. The first-order chi connectivity index (χ1) is 9.54. The van der Waals surface area contributed by atoms with E-state index in [4.69, 9.17) is 21.1 Å². The highest BCUT2D eigenvalue weighted by molar-refractivity contribution is 6.31. The summed E-state index contributed by atoms with van der Waals surface area (Å²) in [7, 11) is 1.57. The predicted octanol–water partition coefficient (Wildman–Crippen LogP) is 1.79. The Morgan fingerprint density at radius 3 is 2.80 bits per heavy atom. The largest absolute Gasteiger partial charge is 0.452 e. The normalized spacial score (nSPS) is 10.2. The standard InChI is InChI=1S/C13H15ClFNO4/c1-19-6-2-5-16-12(17)8-20-13(18)9-3-4-11(15)10(14)7-9/h3-4,7H,2,5-6,8H2,1H3,(H,16,17). The molecule has 7 heteroatoms. The number of ether oxygens (including phenoxy) is 2. The summed E-state index contributed by atoms with van der Waals surface area (Å²) in [6.07, 6.45) is 0.670. The lowest BCUT2D eigenvalue weighted by Crippen LogP contribution is -2.30. The van der Waals surface area contributed by atoms with Crippen molar-refractivity contribution in [3.8, 4) is 0 Å². The zero-order valence-corrected chi connectivity index (χ0v) is 11.7. The minimum absolute atomic E-state index is 0.0867. The molecule has 1 N–H and O–H groups in total. The molecule has 0 heterocycles. The Morgan fingerprint density at radius 1 is 1.40 bits per heavy atom. The van der Waals surface area contributed by atoms with Crippen molar-refractivity contribution < 1.29 is 23.5 Å². The number of benzene rings is 1. The van der Waals surface area contributed by atoms with Crippen LogP contribution in [-0.4, -0.2) is 38.7 Å². The van der Waals surface area contributed by atoms with Crippen molar-refractivity contribution in [2.45, 2.75) is 6.42 Å². The molecular formula is C13H15ClFNO4. The summed E-state index contributed by atoms with van der Waals surface area (Å²) >= 11 is 5.54. The highest BCUT2D eigenvalue weighted by atomic mass is 35.5. The lowest BCUT2D eigenvalue weighted by Gasteiger charge is -2.06. The number of carbonyl (C=O) groups excluding carboxylic acids is 2. The quantitative estimate of drug-likeness (QED) is 0.616. The zero-order chi connectivity index (χ0) is 15.0. The molecular weight excluding hydrogens is 289 g/mol. The van der Waals surface area contributed by atoms with Gasteiger partial charge in [0.1, 0.15) is 5.82 Å². The predicted molar refractivity (Wildman–Crippen MR) is 71.2 cm³/mol. The summed E-state index contributed by atoms with van der Waals surface area (Å²) in [4.78, 5) is 22.9. The van der Waals surface area contributed by atoms with Gasteiger partial charge in [-0.05, 0) is 24.6 Å². The lowest BCUT2D eigenvalue weighted by atomic mass is 10.2. The minimum atomic E-state index is -0.737. The van der Waals surface area contributed by atoms with E-state index in [-0.39, 0.29) is 10.6 Å². The molecule has 0 aromatic heterocycles.